The molecule has 0 bridgehead atoms. The number of benzene rings is 2. The molecule has 3 heterocycles. The topological polar surface area (TPSA) is 90.9 Å². The van der Waals surface area contributed by atoms with E-state index in [1.54, 1.807) is 32.2 Å². The van der Waals surface area contributed by atoms with Crippen molar-refractivity contribution in [3.05, 3.63) is 72.3 Å². The quantitative estimate of drug-likeness (QED) is 0.366. The number of halogens is 1. The average molecular weight is 458 g/mol. The van der Waals surface area contributed by atoms with E-state index in [1.807, 2.05) is 12.1 Å². The number of nitrogens with one attached hydrogen (secondary N) is 1. The number of methoxy groups -OCH3 is 1. The molecule has 0 atom stereocenters. The number of fused-ring (bicyclic) bond motifs is 1. The minimum Gasteiger partial charge on any atom is -0.496 e. The van der Waals surface area contributed by atoms with Crippen LogP contribution < -0.4 is 10.1 Å². The van der Waals surface area contributed by atoms with Gasteiger partial charge in [0.15, 0.2) is 0 Å². The maximum absolute atomic E-state index is 14.7. The van der Waals surface area contributed by atoms with E-state index in [0.29, 0.717) is 29.5 Å². The van der Waals surface area contributed by atoms with Crippen molar-refractivity contribution in [3.63, 3.8) is 0 Å². The zero-order valence-corrected chi connectivity index (χ0v) is 19.0. The first-order chi connectivity index (χ1) is 16.5. The van der Waals surface area contributed by atoms with Crippen LogP contribution >= 0.6 is 0 Å². The van der Waals surface area contributed by atoms with Gasteiger partial charge < -0.3 is 19.0 Å². The molecule has 0 radical (unpaired) electrons. The lowest BCUT2D eigenvalue weighted by molar-refractivity contribution is 0.420. The zero-order chi connectivity index (χ0) is 23.7. The second kappa shape index (κ2) is 8.93. The van der Waals surface area contributed by atoms with Gasteiger partial charge in [0.05, 0.1) is 23.9 Å². The normalized spacial score (nSPS) is 11.2. The molecule has 0 aliphatic rings. The molecule has 5 aromatic rings. The number of rotatable bonds is 7. The molecule has 8 nitrogen and oxygen atoms in total. The third kappa shape index (κ3) is 4.07. The van der Waals surface area contributed by atoms with Gasteiger partial charge in [-0.05, 0) is 37.3 Å². The molecule has 0 aliphatic carbocycles. The Morgan fingerprint density at radius 2 is 1.94 bits per heavy atom. The van der Waals surface area contributed by atoms with Crippen molar-refractivity contribution in [2.75, 3.05) is 19.0 Å². The second-order valence-corrected chi connectivity index (χ2v) is 7.87. The fraction of sp³-hybridized carbons (Fsp3) is 0.200. The number of aromatic nitrogens is 5. The molecule has 1 N–H and O–H groups in total. The first kappa shape index (κ1) is 21.6. The van der Waals surface area contributed by atoms with E-state index in [-0.39, 0.29) is 11.5 Å². The zero-order valence-electron chi connectivity index (χ0n) is 19.0. The SMILES string of the molecule is COc1cccc2c1cc(C)n2CCNc1cc(-c2ccc(-c3nnc(C)o3)c(F)c2)ncn1. The van der Waals surface area contributed by atoms with Gasteiger partial charge in [-0.1, -0.05) is 12.1 Å². The Labute approximate surface area is 195 Å². The molecule has 0 amide bonds. The smallest absolute Gasteiger partial charge is 0.250 e. The molecule has 0 saturated carbocycles. The Bertz CT molecular complexity index is 1480. The van der Waals surface area contributed by atoms with Crippen LogP contribution in [-0.4, -0.2) is 38.4 Å². The van der Waals surface area contributed by atoms with Gasteiger partial charge in [-0.3, -0.25) is 0 Å². The van der Waals surface area contributed by atoms with Crippen molar-refractivity contribution in [2.45, 2.75) is 20.4 Å². The molecule has 34 heavy (non-hydrogen) atoms. The van der Waals surface area contributed by atoms with Crippen molar-refractivity contribution < 1.29 is 13.5 Å². The molecule has 9 heteroatoms. The van der Waals surface area contributed by atoms with Gasteiger partial charge in [-0.2, -0.15) is 0 Å². The maximum atomic E-state index is 14.7. The monoisotopic (exact) mass is 458 g/mol. The summed E-state index contributed by atoms with van der Waals surface area (Å²) in [5.41, 5.74) is 3.76. The highest BCUT2D eigenvalue weighted by Gasteiger charge is 2.14. The predicted octanol–water partition coefficient (Wildman–Crippen LogP) is 5.02. The fourth-order valence-corrected chi connectivity index (χ4v) is 4.03. The van der Waals surface area contributed by atoms with Crippen LogP contribution in [0.4, 0.5) is 10.2 Å². The standard InChI is InChI=1S/C25H23FN6O2/c1-15-11-19-22(5-4-6-23(19)33-3)32(15)10-9-27-24-13-21(28-14-29-24)17-7-8-18(20(26)12-17)25-31-30-16(2)34-25/h4-8,11-14H,9-10H2,1-3H3,(H,27,28,29). The first-order valence-corrected chi connectivity index (χ1v) is 10.8. The highest BCUT2D eigenvalue weighted by Crippen LogP contribution is 2.29. The lowest BCUT2D eigenvalue weighted by Gasteiger charge is -2.11. The predicted molar refractivity (Wildman–Crippen MR) is 127 cm³/mol. The van der Waals surface area contributed by atoms with E-state index < -0.39 is 5.82 Å². The lowest BCUT2D eigenvalue weighted by Crippen LogP contribution is -2.12. The Hall–Kier alpha value is -4.27. The van der Waals surface area contributed by atoms with Crippen molar-refractivity contribution in [2.24, 2.45) is 0 Å². The van der Waals surface area contributed by atoms with Crippen LogP contribution in [0.3, 0.4) is 0 Å². The summed E-state index contributed by atoms with van der Waals surface area (Å²) < 4.78 is 27.8. The Kier molecular flexibility index (Phi) is 5.67. The van der Waals surface area contributed by atoms with Crippen LogP contribution in [0.5, 0.6) is 5.75 Å². The van der Waals surface area contributed by atoms with Crippen molar-refractivity contribution in [1.82, 2.24) is 24.7 Å². The van der Waals surface area contributed by atoms with Crippen molar-refractivity contribution in [1.29, 1.82) is 0 Å². The van der Waals surface area contributed by atoms with Crippen LogP contribution in [0.1, 0.15) is 11.6 Å². The van der Waals surface area contributed by atoms with Crippen LogP contribution in [0.2, 0.25) is 0 Å². The summed E-state index contributed by atoms with van der Waals surface area (Å²) in [5.74, 6) is 1.60. The molecule has 3 aromatic heterocycles. The minimum absolute atomic E-state index is 0.150. The third-order valence-electron chi connectivity index (χ3n) is 5.66. The van der Waals surface area contributed by atoms with E-state index in [1.165, 1.54) is 12.4 Å². The maximum Gasteiger partial charge on any atom is 0.250 e. The molecule has 0 fully saturated rings. The van der Waals surface area contributed by atoms with Gasteiger partial charge in [0.2, 0.25) is 5.89 Å². The van der Waals surface area contributed by atoms with E-state index in [2.05, 4.69) is 49.1 Å². The van der Waals surface area contributed by atoms with E-state index >= 15 is 0 Å². The number of ether oxygens (including phenoxy) is 1. The number of nitrogens with zero attached hydrogens (tertiary/aromatic N) is 5. The number of hydrogen-bond donors (Lipinski definition) is 1. The Morgan fingerprint density at radius 3 is 2.71 bits per heavy atom. The van der Waals surface area contributed by atoms with E-state index in [4.69, 9.17) is 9.15 Å². The van der Waals surface area contributed by atoms with Crippen LogP contribution in [0.25, 0.3) is 33.6 Å². The van der Waals surface area contributed by atoms with Gasteiger partial charge in [-0.25, -0.2) is 14.4 Å². The molecule has 0 aliphatic heterocycles. The molecule has 2 aromatic carbocycles. The number of aryl methyl sites for hydroxylation is 2. The third-order valence-corrected chi connectivity index (χ3v) is 5.66. The Morgan fingerprint density at radius 1 is 1.06 bits per heavy atom. The molecule has 0 spiro atoms. The number of anilines is 1. The number of hydrogen-bond acceptors (Lipinski definition) is 7. The summed E-state index contributed by atoms with van der Waals surface area (Å²) >= 11 is 0. The minimum atomic E-state index is -0.459. The molecule has 0 saturated heterocycles. The molecule has 5 rings (SSSR count). The van der Waals surface area contributed by atoms with Gasteiger partial charge in [-0.15, -0.1) is 10.2 Å². The highest BCUT2D eigenvalue weighted by molar-refractivity contribution is 5.87. The molecule has 0 unspecified atom stereocenters. The van der Waals surface area contributed by atoms with Gasteiger partial charge in [0.25, 0.3) is 5.89 Å². The van der Waals surface area contributed by atoms with Crippen LogP contribution in [0, 0.1) is 19.7 Å². The van der Waals surface area contributed by atoms with Crippen LogP contribution in [-0.2, 0) is 6.54 Å². The summed E-state index contributed by atoms with van der Waals surface area (Å²) in [6.07, 6.45) is 1.46. The summed E-state index contributed by atoms with van der Waals surface area (Å²) in [4.78, 5) is 8.61. The molecular weight excluding hydrogens is 435 g/mol. The molecule has 172 valence electrons. The lowest BCUT2D eigenvalue weighted by atomic mass is 10.1. The van der Waals surface area contributed by atoms with Crippen molar-refractivity contribution >= 4 is 16.7 Å². The first-order valence-electron chi connectivity index (χ1n) is 10.8. The highest BCUT2D eigenvalue weighted by atomic mass is 19.1. The Balaban J connectivity index is 1.31. The van der Waals surface area contributed by atoms with Gasteiger partial charge in [0, 0.05) is 42.7 Å². The van der Waals surface area contributed by atoms with Gasteiger partial charge >= 0.3 is 0 Å². The fourth-order valence-electron chi connectivity index (χ4n) is 4.03. The summed E-state index contributed by atoms with van der Waals surface area (Å²) in [7, 11) is 1.68. The largest absolute Gasteiger partial charge is 0.496 e. The summed E-state index contributed by atoms with van der Waals surface area (Å²) in [6, 6.07) is 14.8. The average Bonchev–Trinajstić information content (AvgIpc) is 3.41. The molecular formula is C25H23FN6O2. The van der Waals surface area contributed by atoms with E-state index in [0.717, 1.165) is 28.9 Å². The van der Waals surface area contributed by atoms with Crippen LogP contribution in [0.15, 0.2) is 59.3 Å². The second-order valence-electron chi connectivity index (χ2n) is 7.87. The van der Waals surface area contributed by atoms with Gasteiger partial charge in [0.1, 0.15) is 23.7 Å². The summed E-state index contributed by atoms with van der Waals surface area (Å²) in [5, 5.41) is 12.1. The van der Waals surface area contributed by atoms with Crippen molar-refractivity contribution in [3.8, 4) is 28.5 Å². The van der Waals surface area contributed by atoms with E-state index in [9.17, 15) is 4.39 Å². The summed E-state index contributed by atoms with van der Waals surface area (Å²) in [6.45, 7) is 5.14.